The maximum atomic E-state index is 13.4. The topological polar surface area (TPSA) is 59.8 Å². The van der Waals surface area contributed by atoms with Gasteiger partial charge in [0.2, 0.25) is 5.91 Å². The molecule has 0 spiro atoms. The molecule has 3 aromatic rings. The molecule has 1 aliphatic rings. The lowest BCUT2D eigenvalue weighted by Crippen LogP contribution is -2.37. The second-order valence-corrected chi connectivity index (χ2v) is 9.80. The van der Waals surface area contributed by atoms with Crippen LogP contribution in [0.1, 0.15) is 57.9 Å². The Kier molecular flexibility index (Phi) is 6.46. The third-order valence-electron chi connectivity index (χ3n) is 6.01. The lowest BCUT2D eigenvalue weighted by molar-refractivity contribution is -0.118. The highest BCUT2D eigenvalue weighted by Gasteiger charge is 2.43. The Morgan fingerprint density at radius 2 is 1.74 bits per heavy atom. The summed E-state index contributed by atoms with van der Waals surface area (Å²) in [5, 5.41) is 12.9. The lowest BCUT2D eigenvalue weighted by Gasteiger charge is -2.26. The number of aromatic nitrogens is 3. The van der Waals surface area contributed by atoms with Gasteiger partial charge in [0.15, 0.2) is 11.0 Å². The minimum absolute atomic E-state index is 0.0687. The molecule has 1 fully saturated rings. The molecule has 1 heterocycles. The van der Waals surface area contributed by atoms with Gasteiger partial charge in [-0.1, -0.05) is 80.9 Å². The number of benzene rings is 2. The molecule has 4 rings (SSSR count). The molecule has 2 aromatic carbocycles. The first-order chi connectivity index (χ1) is 15.0. The van der Waals surface area contributed by atoms with Gasteiger partial charge < -0.3 is 9.88 Å². The third-order valence-corrected chi connectivity index (χ3v) is 7.48. The monoisotopic (exact) mass is 434 g/mol. The second kappa shape index (κ2) is 9.27. The molecule has 0 saturated heterocycles. The summed E-state index contributed by atoms with van der Waals surface area (Å²) in [5.41, 5.74) is 3.16. The van der Waals surface area contributed by atoms with Gasteiger partial charge in [-0.3, -0.25) is 4.79 Å². The Morgan fingerprint density at radius 3 is 2.35 bits per heavy atom. The SMILES string of the molecule is CCn1c(SC2(C(=O)Nc3ccc(C(C)C)cc3)CCCC2)nnc1-c1ccccc1. The Hall–Kier alpha value is -2.60. The number of hydrogen-bond acceptors (Lipinski definition) is 4. The van der Waals surface area contributed by atoms with Crippen LogP contribution in [0.3, 0.4) is 0 Å². The number of anilines is 1. The van der Waals surface area contributed by atoms with E-state index in [-0.39, 0.29) is 5.91 Å². The van der Waals surface area contributed by atoms with Crippen molar-refractivity contribution < 1.29 is 4.79 Å². The van der Waals surface area contributed by atoms with Crippen molar-refractivity contribution in [2.45, 2.75) is 68.8 Å². The fourth-order valence-electron chi connectivity index (χ4n) is 4.14. The summed E-state index contributed by atoms with van der Waals surface area (Å²) in [5.74, 6) is 1.39. The number of hydrogen-bond donors (Lipinski definition) is 1. The molecular formula is C25H30N4OS. The van der Waals surface area contributed by atoms with Crippen LogP contribution in [0.2, 0.25) is 0 Å². The molecule has 0 unspecified atom stereocenters. The van der Waals surface area contributed by atoms with Gasteiger partial charge in [-0.05, 0) is 43.4 Å². The van der Waals surface area contributed by atoms with Gasteiger partial charge >= 0.3 is 0 Å². The smallest absolute Gasteiger partial charge is 0.241 e. The van der Waals surface area contributed by atoms with Crippen molar-refractivity contribution in [3.63, 3.8) is 0 Å². The van der Waals surface area contributed by atoms with Crippen LogP contribution in [-0.4, -0.2) is 25.4 Å². The Labute approximate surface area is 188 Å². The van der Waals surface area contributed by atoms with E-state index in [0.717, 1.165) is 54.5 Å². The molecule has 6 heteroatoms. The van der Waals surface area contributed by atoms with E-state index in [2.05, 4.69) is 53.0 Å². The van der Waals surface area contributed by atoms with Crippen LogP contribution < -0.4 is 5.32 Å². The van der Waals surface area contributed by atoms with E-state index in [1.54, 1.807) is 11.8 Å². The van der Waals surface area contributed by atoms with E-state index < -0.39 is 4.75 Å². The minimum atomic E-state index is -0.509. The van der Waals surface area contributed by atoms with Crippen molar-refractivity contribution in [2.24, 2.45) is 0 Å². The van der Waals surface area contributed by atoms with E-state index in [9.17, 15) is 4.79 Å². The van der Waals surface area contributed by atoms with Crippen LogP contribution in [0, 0.1) is 0 Å². The maximum absolute atomic E-state index is 13.4. The largest absolute Gasteiger partial charge is 0.325 e. The second-order valence-electron chi connectivity index (χ2n) is 8.45. The van der Waals surface area contributed by atoms with Crippen LogP contribution in [0.15, 0.2) is 59.8 Å². The van der Waals surface area contributed by atoms with Crippen LogP contribution in [0.5, 0.6) is 0 Å². The van der Waals surface area contributed by atoms with Crippen molar-refractivity contribution >= 4 is 23.4 Å². The molecule has 0 bridgehead atoms. The molecule has 1 aromatic heterocycles. The van der Waals surface area contributed by atoms with Crippen molar-refractivity contribution in [1.82, 2.24) is 14.8 Å². The normalized spacial score (nSPS) is 15.4. The fraction of sp³-hybridized carbons (Fsp3) is 0.400. The minimum Gasteiger partial charge on any atom is -0.325 e. The number of nitrogens with one attached hydrogen (secondary N) is 1. The highest BCUT2D eigenvalue weighted by atomic mass is 32.2. The Morgan fingerprint density at radius 1 is 1.06 bits per heavy atom. The van der Waals surface area contributed by atoms with E-state index >= 15 is 0 Å². The number of rotatable bonds is 7. The zero-order chi connectivity index (χ0) is 21.8. The lowest BCUT2D eigenvalue weighted by atomic mass is 10.0. The molecule has 0 atom stereocenters. The molecule has 31 heavy (non-hydrogen) atoms. The van der Waals surface area contributed by atoms with Gasteiger partial charge in [-0.25, -0.2) is 0 Å². The fourth-order valence-corrected chi connectivity index (χ4v) is 5.54. The van der Waals surface area contributed by atoms with Crippen LogP contribution in [0.4, 0.5) is 5.69 Å². The molecule has 1 N–H and O–H groups in total. The van der Waals surface area contributed by atoms with Crippen molar-refractivity contribution in [3.8, 4) is 11.4 Å². The highest BCUT2D eigenvalue weighted by molar-refractivity contribution is 8.01. The van der Waals surface area contributed by atoms with Gasteiger partial charge in [0.05, 0.1) is 0 Å². The number of amides is 1. The first-order valence-electron chi connectivity index (χ1n) is 11.1. The third kappa shape index (κ3) is 4.54. The summed E-state index contributed by atoms with van der Waals surface area (Å²) >= 11 is 1.58. The predicted octanol–water partition coefficient (Wildman–Crippen LogP) is 6.13. The molecule has 162 valence electrons. The summed E-state index contributed by atoms with van der Waals surface area (Å²) in [6.45, 7) is 7.20. The van der Waals surface area contributed by atoms with E-state index in [0.29, 0.717) is 5.92 Å². The van der Waals surface area contributed by atoms with Crippen LogP contribution in [0.25, 0.3) is 11.4 Å². The molecule has 0 radical (unpaired) electrons. The van der Waals surface area contributed by atoms with Gasteiger partial charge in [0.1, 0.15) is 4.75 Å². The van der Waals surface area contributed by atoms with Crippen LogP contribution in [-0.2, 0) is 11.3 Å². The van der Waals surface area contributed by atoms with Gasteiger partial charge in [-0.15, -0.1) is 10.2 Å². The van der Waals surface area contributed by atoms with E-state index in [1.807, 2.05) is 42.5 Å². The summed E-state index contributed by atoms with van der Waals surface area (Å²) in [7, 11) is 0. The van der Waals surface area contributed by atoms with Crippen molar-refractivity contribution in [2.75, 3.05) is 5.32 Å². The zero-order valence-electron chi connectivity index (χ0n) is 18.5. The summed E-state index contributed by atoms with van der Waals surface area (Å²) in [6, 6.07) is 18.3. The van der Waals surface area contributed by atoms with Gasteiger partial charge in [-0.2, -0.15) is 0 Å². The first kappa shape index (κ1) is 21.6. The number of carbonyl (C=O) groups excluding carboxylic acids is 1. The van der Waals surface area contributed by atoms with Crippen molar-refractivity contribution in [3.05, 3.63) is 60.2 Å². The average Bonchev–Trinajstić information content (AvgIpc) is 3.42. The van der Waals surface area contributed by atoms with E-state index in [4.69, 9.17) is 0 Å². The molecule has 1 saturated carbocycles. The van der Waals surface area contributed by atoms with Crippen molar-refractivity contribution in [1.29, 1.82) is 0 Å². The molecular weight excluding hydrogens is 404 g/mol. The Balaban J connectivity index is 1.57. The number of thioether (sulfide) groups is 1. The summed E-state index contributed by atoms with van der Waals surface area (Å²) in [6.07, 6.45) is 3.81. The predicted molar refractivity (Wildman–Crippen MR) is 127 cm³/mol. The standard InChI is InChI=1S/C25H30N4OS/c1-4-29-22(20-10-6-5-7-11-20)27-28-24(29)31-25(16-8-9-17-25)23(30)26-21-14-12-19(13-15-21)18(2)3/h5-7,10-15,18H,4,8-9,16-17H2,1-3H3,(H,26,30). The van der Waals surface area contributed by atoms with E-state index in [1.165, 1.54) is 5.56 Å². The molecule has 1 aliphatic carbocycles. The maximum Gasteiger partial charge on any atom is 0.241 e. The Bertz CT molecular complexity index is 1020. The van der Waals surface area contributed by atoms with Gasteiger partial charge in [0.25, 0.3) is 0 Å². The van der Waals surface area contributed by atoms with Gasteiger partial charge in [0, 0.05) is 17.8 Å². The average molecular weight is 435 g/mol. The molecule has 5 nitrogen and oxygen atoms in total. The summed E-state index contributed by atoms with van der Waals surface area (Å²) in [4.78, 5) is 13.4. The number of carbonyl (C=O) groups is 1. The molecule has 0 aliphatic heterocycles. The number of nitrogens with zero attached hydrogens (tertiary/aromatic N) is 3. The summed E-state index contributed by atoms with van der Waals surface area (Å²) < 4.78 is 1.61. The van der Waals surface area contributed by atoms with Crippen LogP contribution >= 0.6 is 11.8 Å². The molecule has 1 amide bonds. The zero-order valence-corrected chi connectivity index (χ0v) is 19.3. The first-order valence-corrected chi connectivity index (χ1v) is 11.9. The highest BCUT2D eigenvalue weighted by Crippen LogP contribution is 2.46. The quantitative estimate of drug-likeness (QED) is 0.486.